The van der Waals surface area contributed by atoms with Crippen LogP contribution in [0.5, 0.6) is 0 Å². The molecule has 0 saturated carbocycles. The normalized spacial score (nSPS) is 21.1. The third kappa shape index (κ3) is 3.28. The molecule has 2 heterocycles. The molecular formula is C17H18N2O2. The topological polar surface area (TPSA) is 51.2 Å². The molecule has 0 aliphatic carbocycles. The average Bonchev–Trinajstić information content (AvgIpc) is 3.03. The monoisotopic (exact) mass is 282 g/mol. The van der Waals surface area contributed by atoms with E-state index in [1.54, 1.807) is 18.3 Å². The van der Waals surface area contributed by atoms with Gasteiger partial charge in [0, 0.05) is 25.3 Å². The van der Waals surface area contributed by atoms with Gasteiger partial charge in [0.2, 0.25) is 0 Å². The van der Waals surface area contributed by atoms with E-state index in [-0.39, 0.29) is 12.0 Å². The van der Waals surface area contributed by atoms with E-state index in [1.807, 2.05) is 24.3 Å². The summed E-state index contributed by atoms with van der Waals surface area (Å²) >= 11 is 0. The van der Waals surface area contributed by atoms with E-state index in [2.05, 4.69) is 22.4 Å². The van der Waals surface area contributed by atoms with Crippen LogP contribution >= 0.6 is 0 Å². The largest absolute Gasteiger partial charge is 0.373 e. The first-order valence-corrected chi connectivity index (χ1v) is 7.20. The van der Waals surface area contributed by atoms with Gasteiger partial charge in [-0.3, -0.25) is 9.78 Å². The van der Waals surface area contributed by atoms with Gasteiger partial charge in [-0.2, -0.15) is 0 Å². The van der Waals surface area contributed by atoms with Crippen molar-refractivity contribution in [2.75, 3.05) is 13.2 Å². The Hall–Kier alpha value is -2.20. The number of hydrogen-bond donors (Lipinski definition) is 1. The maximum atomic E-state index is 12.0. The maximum Gasteiger partial charge on any atom is 0.269 e. The second kappa shape index (κ2) is 6.50. The smallest absolute Gasteiger partial charge is 0.269 e. The van der Waals surface area contributed by atoms with E-state index in [0.717, 1.165) is 13.0 Å². The summed E-state index contributed by atoms with van der Waals surface area (Å²) in [6.07, 6.45) is 2.65. The van der Waals surface area contributed by atoms with Gasteiger partial charge in [-0.05, 0) is 24.1 Å². The number of benzene rings is 1. The van der Waals surface area contributed by atoms with Gasteiger partial charge in [0.25, 0.3) is 5.91 Å². The number of nitrogens with zero attached hydrogens (tertiary/aromatic N) is 1. The molecule has 1 aliphatic rings. The highest BCUT2D eigenvalue weighted by Crippen LogP contribution is 2.33. The molecule has 0 bridgehead atoms. The van der Waals surface area contributed by atoms with Gasteiger partial charge in [0.15, 0.2) is 0 Å². The predicted molar refractivity (Wildman–Crippen MR) is 79.8 cm³/mol. The fraction of sp³-hybridized carbons (Fsp3) is 0.294. The molecule has 1 N–H and O–H groups in total. The number of pyridine rings is 1. The van der Waals surface area contributed by atoms with Crippen molar-refractivity contribution in [2.45, 2.75) is 12.5 Å². The van der Waals surface area contributed by atoms with E-state index in [4.69, 9.17) is 4.74 Å². The van der Waals surface area contributed by atoms with E-state index >= 15 is 0 Å². The molecule has 1 aliphatic heterocycles. The Bertz CT molecular complexity index is 586. The maximum absolute atomic E-state index is 12.0. The summed E-state index contributed by atoms with van der Waals surface area (Å²) in [5, 5.41) is 2.96. The van der Waals surface area contributed by atoms with Crippen LogP contribution in [-0.4, -0.2) is 24.0 Å². The fourth-order valence-corrected chi connectivity index (χ4v) is 2.67. The van der Waals surface area contributed by atoms with Crippen LogP contribution in [0.3, 0.4) is 0 Å². The Morgan fingerprint density at radius 3 is 2.76 bits per heavy atom. The molecule has 4 heteroatoms. The van der Waals surface area contributed by atoms with Crippen molar-refractivity contribution in [1.82, 2.24) is 10.3 Å². The van der Waals surface area contributed by atoms with Gasteiger partial charge in [-0.25, -0.2) is 0 Å². The third-order valence-corrected chi connectivity index (χ3v) is 3.76. The van der Waals surface area contributed by atoms with Gasteiger partial charge in [-0.1, -0.05) is 36.4 Å². The molecule has 1 saturated heterocycles. The second-order valence-electron chi connectivity index (χ2n) is 5.18. The highest BCUT2D eigenvalue weighted by molar-refractivity contribution is 5.92. The minimum absolute atomic E-state index is 0.0650. The quantitative estimate of drug-likeness (QED) is 0.937. The van der Waals surface area contributed by atoms with Crippen LogP contribution in [0, 0.1) is 5.92 Å². The Morgan fingerprint density at radius 2 is 2.00 bits per heavy atom. The summed E-state index contributed by atoms with van der Waals surface area (Å²) in [4.78, 5) is 16.1. The summed E-state index contributed by atoms with van der Waals surface area (Å²) in [5.74, 6) is 0.175. The number of rotatable bonds is 4. The number of carbonyl (C=O) groups excluding carboxylic acids is 1. The summed E-state index contributed by atoms with van der Waals surface area (Å²) < 4.78 is 5.82. The number of amides is 1. The van der Waals surface area contributed by atoms with Crippen LogP contribution in [0.25, 0.3) is 0 Å². The molecule has 1 fully saturated rings. The summed E-state index contributed by atoms with van der Waals surface area (Å²) in [7, 11) is 0. The van der Waals surface area contributed by atoms with Crippen LogP contribution in [0.2, 0.25) is 0 Å². The number of nitrogens with one attached hydrogen (secondary N) is 1. The van der Waals surface area contributed by atoms with Crippen molar-refractivity contribution in [3.63, 3.8) is 0 Å². The Balaban J connectivity index is 1.61. The molecule has 1 amide bonds. The van der Waals surface area contributed by atoms with E-state index in [9.17, 15) is 4.79 Å². The minimum Gasteiger partial charge on any atom is -0.373 e. The molecule has 4 nitrogen and oxygen atoms in total. The van der Waals surface area contributed by atoms with E-state index in [0.29, 0.717) is 18.2 Å². The molecule has 0 unspecified atom stereocenters. The molecule has 21 heavy (non-hydrogen) atoms. The zero-order chi connectivity index (χ0) is 14.5. The number of aromatic nitrogens is 1. The van der Waals surface area contributed by atoms with Crippen molar-refractivity contribution in [3.8, 4) is 0 Å². The number of ether oxygens (including phenoxy) is 1. The first-order valence-electron chi connectivity index (χ1n) is 7.20. The van der Waals surface area contributed by atoms with Crippen LogP contribution < -0.4 is 5.32 Å². The molecular weight excluding hydrogens is 264 g/mol. The highest BCUT2D eigenvalue weighted by atomic mass is 16.5. The van der Waals surface area contributed by atoms with Gasteiger partial charge in [0.05, 0.1) is 6.10 Å². The van der Waals surface area contributed by atoms with Crippen molar-refractivity contribution < 1.29 is 9.53 Å². The van der Waals surface area contributed by atoms with Crippen molar-refractivity contribution in [3.05, 3.63) is 66.0 Å². The first kappa shape index (κ1) is 13.8. The lowest BCUT2D eigenvalue weighted by atomic mass is 9.95. The Labute approximate surface area is 124 Å². The summed E-state index contributed by atoms with van der Waals surface area (Å²) in [5.41, 5.74) is 1.62. The van der Waals surface area contributed by atoms with Gasteiger partial charge in [0.1, 0.15) is 5.69 Å². The zero-order valence-corrected chi connectivity index (χ0v) is 11.7. The lowest BCUT2D eigenvalue weighted by Crippen LogP contribution is -2.31. The first-order chi connectivity index (χ1) is 10.3. The number of carbonyl (C=O) groups is 1. The van der Waals surface area contributed by atoms with Crippen molar-refractivity contribution >= 4 is 5.91 Å². The third-order valence-electron chi connectivity index (χ3n) is 3.76. The summed E-state index contributed by atoms with van der Waals surface area (Å²) in [6, 6.07) is 15.5. The van der Waals surface area contributed by atoms with Crippen molar-refractivity contribution in [1.29, 1.82) is 0 Å². The standard InChI is InChI=1S/C17H18N2O2/c20-17(15-8-4-5-10-18-15)19-12-14-9-11-21-16(14)13-6-2-1-3-7-13/h1-8,10,14,16H,9,11-12H2,(H,19,20)/t14-,16-/m1/s1. The van der Waals surface area contributed by atoms with Crippen LogP contribution in [0.15, 0.2) is 54.7 Å². The van der Waals surface area contributed by atoms with E-state index in [1.165, 1.54) is 5.56 Å². The molecule has 2 atom stereocenters. The Morgan fingerprint density at radius 1 is 1.19 bits per heavy atom. The van der Waals surface area contributed by atoms with Gasteiger partial charge < -0.3 is 10.1 Å². The van der Waals surface area contributed by atoms with Crippen LogP contribution in [0.1, 0.15) is 28.6 Å². The minimum atomic E-state index is -0.130. The van der Waals surface area contributed by atoms with Crippen LogP contribution in [-0.2, 0) is 4.74 Å². The van der Waals surface area contributed by atoms with Crippen molar-refractivity contribution in [2.24, 2.45) is 5.92 Å². The molecule has 1 aromatic heterocycles. The van der Waals surface area contributed by atoms with Gasteiger partial charge in [-0.15, -0.1) is 0 Å². The average molecular weight is 282 g/mol. The molecule has 0 spiro atoms. The lowest BCUT2D eigenvalue weighted by Gasteiger charge is -2.19. The zero-order valence-electron chi connectivity index (χ0n) is 11.7. The Kier molecular flexibility index (Phi) is 4.26. The van der Waals surface area contributed by atoms with E-state index < -0.39 is 0 Å². The molecule has 3 rings (SSSR count). The lowest BCUT2D eigenvalue weighted by molar-refractivity contribution is 0.0844. The summed E-state index contributed by atoms with van der Waals surface area (Å²) in [6.45, 7) is 1.35. The molecule has 0 radical (unpaired) electrons. The van der Waals surface area contributed by atoms with Gasteiger partial charge >= 0.3 is 0 Å². The highest BCUT2D eigenvalue weighted by Gasteiger charge is 2.29. The fourth-order valence-electron chi connectivity index (χ4n) is 2.67. The molecule has 108 valence electrons. The molecule has 1 aromatic carbocycles. The SMILES string of the molecule is O=C(NC[C@H]1CCO[C@@H]1c1ccccc1)c1ccccn1. The predicted octanol–water partition coefficient (Wildman–Crippen LogP) is 2.59. The molecule has 2 aromatic rings. The number of hydrogen-bond acceptors (Lipinski definition) is 3. The second-order valence-corrected chi connectivity index (χ2v) is 5.18. The van der Waals surface area contributed by atoms with Crippen LogP contribution in [0.4, 0.5) is 0 Å².